The van der Waals surface area contributed by atoms with Crippen LogP contribution in [0.1, 0.15) is 5.56 Å². The summed E-state index contributed by atoms with van der Waals surface area (Å²) >= 11 is 0. The highest BCUT2D eigenvalue weighted by Crippen LogP contribution is 2.32. The second-order valence-electron chi connectivity index (χ2n) is 5.69. The average Bonchev–Trinajstić information content (AvgIpc) is 3.06. The summed E-state index contributed by atoms with van der Waals surface area (Å²) in [6.45, 7) is 0.746. The minimum absolute atomic E-state index is 0.0626. The van der Waals surface area contributed by atoms with E-state index in [1.54, 1.807) is 35.4 Å². The van der Waals surface area contributed by atoms with Crippen molar-refractivity contribution in [3.63, 3.8) is 0 Å². The van der Waals surface area contributed by atoms with Crippen LogP contribution in [-0.4, -0.2) is 44.2 Å². The molecule has 1 aromatic rings. The molecule has 1 N–H and O–H groups in total. The van der Waals surface area contributed by atoms with Gasteiger partial charge >= 0.3 is 0 Å². The second kappa shape index (κ2) is 5.92. The summed E-state index contributed by atoms with van der Waals surface area (Å²) in [6, 6.07) is 5.41. The Bertz CT molecular complexity index is 933. The van der Waals surface area contributed by atoms with Crippen molar-refractivity contribution in [3.05, 3.63) is 47.7 Å². The molecule has 8 nitrogen and oxygen atoms in total. The topological polar surface area (TPSA) is 97.3 Å². The third-order valence-corrected chi connectivity index (χ3v) is 5.14. The first-order valence-electron chi connectivity index (χ1n) is 7.67. The third-order valence-electron chi connectivity index (χ3n) is 3.99. The van der Waals surface area contributed by atoms with Crippen molar-refractivity contribution >= 4 is 21.8 Å². The van der Waals surface area contributed by atoms with E-state index in [0.29, 0.717) is 11.5 Å². The van der Waals surface area contributed by atoms with Crippen molar-refractivity contribution in [2.45, 2.75) is 6.54 Å². The van der Waals surface area contributed by atoms with Gasteiger partial charge in [0.25, 0.3) is 15.9 Å². The fraction of sp³-hybridized carbons (Fsp3) is 0.250. The van der Waals surface area contributed by atoms with Crippen LogP contribution in [0.3, 0.4) is 0 Å². The molecule has 0 atom stereocenters. The summed E-state index contributed by atoms with van der Waals surface area (Å²) in [5, 5.41) is 2.78. The minimum Gasteiger partial charge on any atom is -0.454 e. The number of rotatable bonds is 3. The van der Waals surface area contributed by atoms with E-state index in [0.717, 1.165) is 5.56 Å². The summed E-state index contributed by atoms with van der Waals surface area (Å²) in [5.41, 5.74) is 1.08. The number of amides is 1. The molecule has 0 radical (unpaired) electrons. The maximum absolute atomic E-state index is 12.5. The normalized spacial score (nSPS) is 19.8. The SMILES string of the molecule is O=C(NCc1ccc2c(c1)OCO2)C1=CC=CN2CCS(=O)(=O)N=C12. The zero-order valence-electron chi connectivity index (χ0n) is 13.1. The Balaban J connectivity index is 1.50. The molecule has 0 unspecified atom stereocenters. The lowest BCUT2D eigenvalue weighted by molar-refractivity contribution is -0.117. The Kier molecular flexibility index (Phi) is 3.72. The highest BCUT2D eigenvalue weighted by molar-refractivity contribution is 7.90. The number of allylic oxidation sites excluding steroid dienone is 2. The molecule has 3 aliphatic heterocycles. The predicted octanol–water partition coefficient (Wildman–Crippen LogP) is 0.529. The number of fused-ring (bicyclic) bond motifs is 2. The van der Waals surface area contributed by atoms with E-state index >= 15 is 0 Å². The van der Waals surface area contributed by atoms with Crippen molar-refractivity contribution in [2.75, 3.05) is 19.1 Å². The number of amidine groups is 1. The molecule has 4 rings (SSSR count). The Morgan fingerprint density at radius 1 is 1.28 bits per heavy atom. The highest BCUT2D eigenvalue weighted by Gasteiger charge is 2.29. The average molecular weight is 361 g/mol. The van der Waals surface area contributed by atoms with Gasteiger partial charge in [0.2, 0.25) is 6.79 Å². The van der Waals surface area contributed by atoms with E-state index in [1.165, 1.54) is 0 Å². The van der Waals surface area contributed by atoms with Crippen molar-refractivity contribution < 1.29 is 22.7 Å². The minimum atomic E-state index is -3.53. The Hall–Kier alpha value is -2.81. The first-order valence-corrected chi connectivity index (χ1v) is 9.28. The van der Waals surface area contributed by atoms with Crippen molar-refractivity contribution in [2.24, 2.45) is 4.40 Å². The summed E-state index contributed by atoms with van der Waals surface area (Å²) in [6.07, 6.45) is 4.97. The number of benzene rings is 1. The van der Waals surface area contributed by atoms with Crippen LogP contribution < -0.4 is 14.8 Å². The summed E-state index contributed by atoms with van der Waals surface area (Å²) in [4.78, 5) is 14.2. The molecule has 3 aliphatic rings. The molecule has 0 aromatic heterocycles. The Morgan fingerprint density at radius 3 is 3.00 bits per heavy atom. The largest absolute Gasteiger partial charge is 0.454 e. The van der Waals surface area contributed by atoms with Gasteiger partial charge in [-0.15, -0.1) is 4.40 Å². The fourth-order valence-corrected chi connectivity index (χ4v) is 3.71. The molecular weight excluding hydrogens is 346 g/mol. The number of carbonyl (C=O) groups excluding carboxylic acids is 1. The maximum Gasteiger partial charge on any atom is 0.256 e. The number of ether oxygens (including phenoxy) is 2. The van der Waals surface area contributed by atoms with Crippen LogP contribution in [0.2, 0.25) is 0 Å². The van der Waals surface area contributed by atoms with Gasteiger partial charge in [0.15, 0.2) is 17.3 Å². The quantitative estimate of drug-likeness (QED) is 0.843. The fourth-order valence-electron chi connectivity index (χ4n) is 2.72. The zero-order chi connectivity index (χ0) is 17.4. The van der Waals surface area contributed by atoms with E-state index in [-0.39, 0.29) is 43.0 Å². The number of nitrogens with one attached hydrogen (secondary N) is 1. The molecule has 0 fully saturated rings. The Labute approximate surface area is 144 Å². The molecule has 0 aliphatic carbocycles. The molecule has 0 bridgehead atoms. The number of sulfonamides is 1. The molecule has 0 saturated heterocycles. The molecule has 1 aromatic carbocycles. The lowest BCUT2D eigenvalue weighted by Gasteiger charge is -2.28. The molecule has 0 spiro atoms. The van der Waals surface area contributed by atoms with Gasteiger partial charge < -0.3 is 19.7 Å². The highest BCUT2D eigenvalue weighted by atomic mass is 32.2. The van der Waals surface area contributed by atoms with Crippen LogP contribution >= 0.6 is 0 Å². The lowest BCUT2D eigenvalue weighted by atomic mass is 10.1. The third kappa shape index (κ3) is 3.10. The van der Waals surface area contributed by atoms with Gasteiger partial charge in [-0.3, -0.25) is 4.79 Å². The molecule has 25 heavy (non-hydrogen) atoms. The smallest absolute Gasteiger partial charge is 0.256 e. The van der Waals surface area contributed by atoms with Crippen LogP contribution in [0, 0.1) is 0 Å². The van der Waals surface area contributed by atoms with Gasteiger partial charge in [-0.25, -0.2) is 8.42 Å². The number of nitrogens with zero attached hydrogens (tertiary/aromatic N) is 2. The lowest BCUT2D eigenvalue weighted by Crippen LogP contribution is -2.42. The molecule has 3 heterocycles. The maximum atomic E-state index is 12.5. The van der Waals surface area contributed by atoms with Gasteiger partial charge in [-0.2, -0.15) is 0 Å². The van der Waals surface area contributed by atoms with Gasteiger partial charge in [-0.1, -0.05) is 6.07 Å². The monoisotopic (exact) mass is 361 g/mol. The van der Waals surface area contributed by atoms with Crippen LogP contribution in [0.5, 0.6) is 11.5 Å². The second-order valence-corrected chi connectivity index (χ2v) is 7.44. The predicted molar refractivity (Wildman–Crippen MR) is 89.6 cm³/mol. The van der Waals surface area contributed by atoms with E-state index in [1.807, 2.05) is 6.07 Å². The molecular formula is C16H15N3O5S. The van der Waals surface area contributed by atoms with Crippen molar-refractivity contribution in [1.82, 2.24) is 10.2 Å². The first kappa shape index (κ1) is 15.7. The van der Waals surface area contributed by atoms with E-state index < -0.39 is 10.0 Å². The van der Waals surface area contributed by atoms with Crippen LogP contribution in [0.4, 0.5) is 0 Å². The van der Waals surface area contributed by atoms with E-state index in [9.17, 15) is 13.2 Å². The van der Waals surface area contributed by atoms with Gasteiger partial charge in [0, 0.05) is 19.3 Å². The Morgan fingerprint density at radius 2 is 2.12 bits per heavy atom. The molecule has 0 saturated carbocycles. The standard InChI is InChI=1S/C16H15N3O5S/c20-16(17-9-11-3-4-13-14(8-11)24-10-23-13)12-2-1-5-19-6-7-25(21,22)18-15(12)19/h1-5,8H,6-7,9-10H2,(H,17,20). The molecule has 1 amide bonds. The number of carbonyl (C=O) groups is 1. The molecule has 9 heteroatoms. The van der Waals surface area contributed by atoms with Gasteiger partial charge in [0.1, 0.15) is 0 Å². The van der Waals surface area contributed by atoms with Crippen molar-refractivity contribution in [1.29, 1.82) is 0 Å². The van der Waals surface area contributed by atoms with Crippen LogP contribution in [-0.2, 0) is 21.4 Å². The molecule has 130 valence electrons. The van der Waals surface area contributed by atoms with Gasteiger partial charge in [0.05, 0.1) is 11.3 Å². The van der Waals surface area contributed by atoms with Crippen molar-refractivity contribution in [3.8, 4) is 11.5 Å². The van der Waals surface area contributed by atoms with E-state index in [4.69, 9.17) is 9.47 Å². The first-order chi connectivity index (χ1) is 12.0. The zero-order valence-corrected chi connectivity index (χ0v) is 14.0. The van der Waals surface area contributed by atoms with Crippen LogP contribution in [0.15, 0.2) is 46.5 Å². The van der Waals surface area contributed by atoms with E-state index in [2.05, 4.69) is 9.71 Å². The summed E-state index contributed by atoms with van der Waals surface area (Å²) in [5.74, 6) is 1.03. The van der Waals surface area contributed by atoms with Crippen LogP contribution in [0.25, 0.3) is 0 Å². The number of hydrogen-bond acceptors (Lipinski definition) is 6. The number of hydrogen-bond donors (Lipinski definition) is 1. The summed E-state index contributed by atoms with van der Waals surface area (Å²) < 4.78 is 37.8. The van der Waals surface area contributed by atoms with Gasteiger partial charge in [-0.05, 0) is 29.8 Å². The summed E-state index contributed by atoms with van der Waals surface area (Å²) in [7, 11) is -3.53.